The van der Waals surface area contributed by atoms with E-state index in [0.29, 0.717) is 32.6 Å². The van der Waals surface area contributed by atoms with Crippen LogP contribution in [0.4, 0.5) is 4.79 Å². The predicted molar refractivity (Wildman–Crippen MR) is 188 cm³/mol. The average Bonchev–Trinajstić information content (AvgIpc) is 3.06. The highest BCUT2D eigenvalue weighted by Gasteiger charge is 2.23. The summed E-state index contributed by atoms with van der Waals surface area (Å²) in [5.41, 5.74) is 8.86. The van der Waals surface area contributed by atoms with Crippen molar-refractivity contribution in [1.82, 2.24) is 16.0 Å². The van der Waals surface area contributed by atoms with Crippen LogP contribution in [0, 0.1) is 0 Å². The number of hydrogen-bond donors (Lipinski definition) is 4. The molecule has 0 aliphatic carbocycles. The SMILES string of the molecule is CC(C)(C)OC(=O)NCCCNC(=O)C(c1ccccc1)c1ccccc1.NCCCNC(=O)C(c1ccccc1)c1ccccc1. The van der Waals surface area contributed by atoms with Gasteiger partial charge in [-0.05, 0) is 62.4 Å². The van der Waals surface area contributed by atoms with E-state index in [4.69, 9.17) is 10.5 Å². The van der Waals surface area contributed by atoms with Crippen molar-refractivity contribution < 1.29 is 19.1 Å². The zero-order chi connectivity index (χ0) is 33.9. The first-order valence-electron chi connectivity index (χ1n) is 16.1. The number of hydrogen-bond acceptors (Lipinski definition) is 5. The van der Waals surface area contributed by atoms with E-state index < -0.39 is 11.7 Å². The summed E-state index contributed by atoms with van der Waals surface area (Å²) in [6.07, 6.45) is 0.976. The Bertz CT molecular complexity index is 1400. The third kappa shape index (κ3) is 13.1. The number of alkyl carbamates (subject to hydrolysis) is 1. The lowest BCUT2D eigenvalue weighted by Gasteiger charge is -2.20. The number of carbonyl (C=O) groups is 3. The number of benzene rings is 4. The molecule has 0 fully saturated rings. The van der Waals surface area contributed by atoms with Gasteiger partial charge in [0.25, 0.3) is 0 Å². The van der Waals surface area contributed by atoms with E-state index in [0.717, 1.165) is 28.7 Å². The molecule has 0 aliphatic heterocycles. The Kier molecular flexibility index (Phi) is 15.2. The standard InChI is InChI=1S/C22H28N2O3.C17H20N2O/c1-22(2,3)27-21(26)24-16-10-15-23-20(25)19(17-11-6-4-7-12-17)18-13-8-5-9-14-18;18-12-7-13-19-17(20)16(14-8-3-1-4-9-14)15-10-5-2-6-11-15/h4-9,11-14,19H,10,15-16H2,1-3H3,(H,23,25)(H,24,26);1-6,8-11,16H,7,12-13,18H2,(H,19,20). The van der Waals surface area contributed by atoms with Crippen molar-refractivity contribution >= 4 is 17.9 Å². The zero-order valence-electron chi connectivity index (χ0n) is 27.7. The molecule has 248 valence electrons. The highest BCUT2D eigenvalue weighted by atomic mass is 16.6. The molecule has 0 aliphatic rings. The molecule has 0 aromatic heterocycles. The Morgan fingerprint density at radius 2 is 0.872 bits per heavy atom. The van der Waals surface area contributed by atoms with Crippen LogP contribution < -0.4 is 21.7 Å². The second-order valence-electron chi connectivity index (χ2n) is 12.0. The molecule has 8 nitrogen and oxygen atoms in total. The van der Waals surface area contributed by atoms with Gasteiger partial charge in [-0.1, -0.05) is 121 Å². The largest absolute Gasteiger partial charge is 0.444 e. The molecule has 0 spiro atoms. The van der Waals surface area contributed by atoms with Crippen molar-refractivity contribution in [2.75, 3.05) is 26.2 Å². The van der Waals surface area contributed by atoms with Crippen LogP contribution in [0.25, 0.3) is 0 Å². The van der Waals surface area contributed by atoms with E-state index in [2.05, 4.69) is 16.0 Å². The predicted octanol–water partition coefficient (Wildman–Crippen LogP) is 6.13. The third-order valence-corrected chi connectivity index (χ3v) is 7.06. The maximum absolute atomic E-state index is 12.8. The van der Waals surface area contributed by atoms with Gasteiger partial charge in [0.15, 0.2) is 0 Å². The molecule has 47 heavy (non-hydrogen) atoms. The van der Waals surface area contributed by atoms with Crippen LogP contribution in [0.2, 0.25) is 0 Å². The Hall–Kier alpha value is -4.95. The summed E-state index contributed by atoms with van der Waals surface area (Å²) in [5, 5.41) is 8.63. The molecular formula is C39H48N4O4. The first kappa shape index (κ1) is 36.5. The van der Waals surface area contributed by atoms with Gasteiger partial charge in [-0.25, -0.2) is 4.79 Å². The number of amides is 3. The maximum Gasteiger partial charge on any atom is 0.407 e. The maximum atomic E-state index is 12.8. The van der Waals surface area contributed by atoms with Gasteiger partial charge in [0.1, 0.15) is 5.60 Å². The topological polar surface area (TPSA) is 123 Å². The van der Waals surface area contributed by atoms with Crippen LogP contribution in [0.1, 0.15) is 67.7 Å². The van der Waals surface area contributed by atoms with E-state index in [9.17, 15) is 14.4 Å². The van der Waals surface area contributed by atoms with Gasteiger partial charge in [0.05, 0.1) is 11.8 Å². The molecule has 5 N–H and O–H groups in total. The molecular weight excluding hydrogens is 588 g/mol. The van der Waals surface area contributed by atoms with Gasteiger partial charge in [0.2, 0.25) is 11.8 Å². The summed E-state index contributed by atoms with van der Waals surface area (Å²) in [6.45, 7) is 7.58. The van der Waals surface area contributed by atoms with Crippen LogP contribution in [-0.2, 0) is 14.3 Å². The molecule has 0 heterocycles. The molecule has 3 amide bonds. The van der Waals surface area contributed by atoms with E-state index >= 15 is 0 Å². The minimum atomic E-state index is -0.517. The van der Waals surface area contributed by atoms with Gasteiger partial charge in [-0.15, -0.1) is 0 Å². The van der Waals surface area contributed by atoms with E-state index in [1.165, 1.54) is 0 Å². The second-order valence-corrected chi connectivity index (χ2v) is 12.0. The number of carbonyl (C=O) groups excluding carboxylic acids is 3. The molecule has 0 bridgehead atoms. The van der Waals surface area contributed by atoms with Crippen molar-refractivity contribution in [3.05, 3.63) is 144 Å². The molecule has 4 rings (SSSR count). The molecule has 0 saturated carbocycles. The minimum Gasteiger partial charge on any atom is -0.444 e. The van der Waals surface area contributed by atoms with Crippen molar-refractivity contribution in [3.63, 3.8) is 0 Å². The lowest BCUT2D eigenvalue weighted by Crippen LogP contribution is -2.35. The van der Waals surface area contributed by atoms with Crippen molar-refractivity contribution in [2.45, 2.75) is 51.0 Å². The molecule has 0 radical (unpaired) electrons. The zero-order valence-corrected chi connectivity index (χ0v) is 27.7. The monoisotopic (exact) mass is 636 g/mol. The molecule has 4 aromatic carbocycles. The van der Waals surface area contributed by atoms with Crippen molar-refractivity contribution in [2.24, 2.45) is 5.73 Å². The number of rotatable bonds is 13. The Morgan fingerprint density at radius 3 is 1.19 bits per heavy atom. The second kappa shape index (κ2) is 19.5. The van der Waals surface area contributed by atoms with Gasteiger partial charge in [0, 0.05) is 19.6 Å². The lowest BCUT2D eigenvalue weighted by atomic mass is 9.90. The van der Waals surface area contributed by atoms with Crippen LogP contribution >= 0.6 is 0 Å². The molecule has 4 aromatic rings. The van der Waals surface area contributed by atoms with Crippen molar-refractivity contribution in [3.8, 4) is 0 Å². The molecule has 8 heteroatoms. The third-order valence-electron chi connectivity index (χ3n) is 7.06. The van der Waals surface area contributed by atoms with Crippen molar-refractivity contribution in [1.29, 1.82) is 0 Å². The summed E-state index contributed by atoms with van der Waals surface area (Å²) in [6, 6.07) is 39.1. The van der Waals surface area contributed by atoms with Gasteiger partial charge in [-0.2, -0.15) is 0 Å². The van der Waals surface area contributed by atoms with Crippen LogP contribution in [-0.4, -0.2) is 49.7 Å². The molecule has 0 unspecified atom stereocenters. The van der Waals surface area contributed by atoms with Crippen LogP contribution in [0.3, 0.4) is 0 Å². The quantitative estimate of drug-likeness (QED) is 0.132. The average molecular weight is 637 g/mol. The van der Waals surface area contributed by atoms with E-state index in [1.54, 1.807) is 0 Å². The lowest BCUT2D eigenvalue weighted by molar-refractivity contribution is -0.122. The Labute approximate surface area is 279 Å². The van der Waals surface area contributed by atoms with Gasteiger partial charge >= 0.3 is 6.09 Å². The number of ether oxygens (including phenoxy) is 1. The fourth-order valence-electron chi connectivity index (χ4n) is 4.89. The minimum absolute atomic E-state index is 0.0239. The first-order valence-corrected chi connectivity index (χ1v) is 16.1. The van der Waals surface area contributed by atoms with Crippen LogP contribution in [0.5, 0.6) is 0 Å². The van der Waals surface area contributed by atoms with E-state index in [-0.39, 0.29) is 23.7 Å². The normalized spacial score (nSPS) is 10.9. The fraction of sp³-hybridized carbons (Fsp3) is 0.308. The summed E-state index contributed by atoms with van der Waals surface area (Å²) in [5.74, 6) is -0.651. The van der Waals surface area contributed by atoms with Gasteiger partial charge in [-0.3, -0.25) is 9.59 Å². The first-order chi connectivity index (χ1) is 22.7. The highest BCUT2D eigenvalue weighted by molar-refractivity contribution is 5.87. The van der Waals surface area contributed by atoms with Crippen LogP contribution in [0.15, 0.2) is 121 Å². The fourth-order valence-corrected chi connectivity index (χ4v) is 4.89. The van der Waals surface area contributed by atoms with E-state index in [1.807, 2.05) is 142 Å². The summed E-state index contributed by atoms with van der Waals surface area (Å²) in [4.78, 5) is 36.9. The summed E-state index contributed by atoms with van der Waals surface area (Å²) in [7, 11) is 0. The smallest absolute Gasteiger partial charge is 0.407 e. The number of nitrogens with two attached hydrogens (primary N) is 1. The van der Waals surface area contributed by atoms with Gasteiger partial charge < -0.3 is 26.4 Å². The Morgan fingerprint density at radius 1 is 0.553 bits per heavy atom. The highest BCUT2D eigenvalue weighted by Crippen LogP contribution is 2.25. The summed E-state index contributed by atoms with van der Waals surface area (Å²) < 4.78 is 5.18. The summed E-state index contributed by atoms with van der Waals surface area (Å²) >= 11 is 0. The number of nitrogens with one attached hydrogen (secondary N) is 3. The molecule has 0 saturated heterocycles. The molecule has 0 atom stereocenters. The Balaban J connectivity index is 0.000000267.